The van der Waals surface area contributed by atoms with Gasteiger partial charge in [0, 0.05) is 19.3 Å². The molecule has 0 amide bonds. The van der Waals surface area contributed by atoms with Crippen LogP contribution in [0.2, 0.25) is 0 Å². The monoisotopic (exact) mass is 271 g/mol. The van der Waals surface area contributed by atoms with Gasteiger partial charge in [-0.05, 0) is 31.5 Å². The van der Waals surface area contributed by atoms with Gasteiger partial charge in [-0.15, -0.1) is 0 Å². The average molecular weight is 271 g/mol. The van der Waals surface area contributed by atoms with Gasteiger partial charge < -0.3 is 10.1 Å². The second kappa shape index (κ2) is 6.87. The van der Waals surface area contributed by atoms with E-state index in [9.17, 15) is 8.42 Å². The third kappa shape index (κ3) is 5.62. The number of ether oxygens (including phenoxy) is 1. The molecular formula is C13H21NO3S. The van der Waals surface area contributed by atoms with E-state index >= 15 is 0 Å². The summed E-state index contributed by atoms with van der Waals surface area (Å²) in [4.78, 5) is 0.356. The summed E-state index contributed by atoms with van der Waals surface area (Å²) in [6.45, 7) is 6.18. The van der Waals surface area contributed by atoms with Crippen molar-refractivity contribution in [2.75, 3.05) is 19.4 Å². The average Bonchev–Trinajstić information content (AvgIpc) is 2.27. The molecule has 0 unspecified atom stereocenters. The van der Waals surface area contributed by atoms with Crippen LogP contribution in [-0.4, -0.2) is 33.9 Å². The Kier molecular flexibility index (Phi) is 5.78. The number of sulfone groups is 1. The second-order valence-electron chi connectivity index (χ2n) is 4.51. The first-order valence-electron chi connectivity index (χ1n) is 6.01. The molecule has 0 radical (unpaired) electrons. The molecule has 1 aromatic rings. The Labute approximate surface area is 109 Å². The van der Waals surface area contributed by atoms with Gasteiger partial charge in [0.2, 0.25) is 0 Å². The van der Waals surface area contributed by atoms with Gasteiger partial charge in [0.1, 0.15) is 0 Å². The lowest BCUT2D eigenvalue weighted by Crippen LogP contribution is -2.20. The molecule has 1 aromatic carbocycles. The Balaban J connectivity index is 2.36. The number of rotatable bonds is 7. The van der Waals surface area contributed by atoms with Gasteiger partial charge in [-0.25, -0.2) is 8.42 Å². The fourth-order valence-electron chi connectivity index (χ4n) is 1.45. The summed E-state index contributed by atoms with van der Waals surface area (Å²) >= 11 is 0. The van der Waals surface area contributed by atoms with Crippen molar-refractivity contribution in [1.29, 1.82) is 0 Å². The van der Waals surface area contributed by atoms with Crippen molar-refractivity contribution < 1.29 is 13.2 Å². The predicted octanol–water partition coefficient (Wildman–Crippen LogP) is 1.60. The van der Waals surface area contributed by atoms with Crippen molar-refractivity contribution in [3.63, 3.8) is 0 Å². The van der Waals surface area contributed by atoms with E-state index in [4.69, 9.17) is 4.74 Å². The molecule has 18 heavy (non-hydrogen) atoms. The lowest BCUT2D eigenvalue weighted by atomic mass is 10.2. The van der Waals surface area contributed by atoms with Crippen molar-refractivity contribution in [2.24, 2.45) is 0 Å². The van der Waals surface area contributed by atoms with E-state index < -0.39 is 9.84 Å². The lowest BCUT2D eigenvalue weighted by Gasteiger charge is -2.08. The first-order chi connectivity index (χ1) is 8.39. The maximum atomic E-state index is 11.3. The highest BCUT2D eigenvalue weighted by molar-refractivity contribution is 7.90. The van der Waals surface area contributed by atoms with Crippen molar-refractivity contribution in [1.82, 2.24) is 5.32 Å². The Morgan fingerprint density at radius 3 is 2.33 bits per heavy atom. The molecule has 0 saturated carbocycles. The minimum Gasteiger partial charge on any atom is -0.377 e. The number of hydrogen-bond donors (Lipinski definition) is 1. The predicted molar refractivity (Wildman–Crippen MR) is 72.3 cm³/mol. The normalized spacial score (nSPS) is 12.0. The van der Waals surface area contributed by atoms with E-state index in [1.165, 1.54) is 6.26 Å². The van der Waals surface area contributed by atoms with Gasteiger partial charge in [-0.2, -0.15) is 0 Å². The Morgan fingerprint density at radius 2 is 1.83 bits per heavy atom. The summed E-state index contributed by atoms with van der Waals surface area (Å²) in [6.07, 6.45) is 1.46. The van der Waals surface area contributed by atoms with Crippen LogP contribution in [0.3, 0.4) is 0 Å². The van der Waals surface area contributed by atoms with Crippen LogP contribution in [0.25, 0.3) is 0 Å². The van der Waals surface area contributed by atoms with E-state index in [0.29, 0.717) is 18.0 Å². The second-order valence-corrected chi connectivity index (χ2v) is 6.53. The van der Waals surface area contributed by atoms with Gasteiger partial charge in [0.05, 0.1) is 17.6 Å². The summed E-state index contributed by atoms with van der Waals surface area (Å²) < 4.78 is 28.0. The topological polar surface area (TPSA) is 55.4 Å². The molecule has 0 spiro atoms. The molecule has 0 atom stereocenters. The molecule has 102 valence electrons. The van der Waals surface area contributed by atoms with Crippen LogP contribution >= 0.6 is 0 Å². The molecule has 1 N–H and O–H groups in total. The molecular weight excluding hydrogens is 250 g/mol. The summed E-state index contributed by atoms with van der Waals surface area (Å²) in [5.41, 5.74) is 1.06. The zero-order chi connectivity index (χ0) is 13.6. The van der Waals surface area contributed by atoms with Gasteiger partial charge in [0.15, 0.2) is 9.84 Å². The maximum Gasteiger partial charge on any atom is 0.175 e. The molecule has 0 aromatic heterocycles. The summed E-state index contributed by atoms with van der Waals surface area (Å²) in [5, 5.41) is 3.24. The molecule has 0 aliphatic carbocycles. The van der Waals surface area contributed by atoms with E-state index in [-0.39, 0.29) is 6.10 Å². The lowest BCUT2D eigenvalue weighted by molar-refractivity contribution is 0.0807. The van der Waals surface area contributed by atoms with E-state index in [0.717, 1.165) is 12.1 Å². The van der Waals surface area contributed by atoms with E-state index in [1.54, 1.807) is 12.1 Å². The summed E-state index contributed by atoms with van der Waals surface area (Å²) in [5.74, 6) is 0. The third-order valence-corrected chi connectivity index (χ3v) is 3.54. The zero-order valence-electron chi connectivity index (χ0n) is 11.1. The highest BCUT2D eigenvalue weighted by atomic mass is 32.2. The van der Waals surface area contributed by atoms with Crippen molar-refractivity contribution in [3.05, 3.63) is 29.8 Å². The zero-order valence-corrected chi connectivity index (χ0v) is 12.0. The molecule has 0 fully saturated rings. The van der Waals surface area contributed by atoms with Crippen molar-refractivity contribution in [2.45, 2.75) is 31.4 Å². The minimum atomic E-state index is -3.10. The standard InChI is InChI=1S/C13H21NO3S/c1-11(2)17-9-8-14-10-12-4-6-13(7-5-12)18(3,15)16/h4-7,11,14H,8-10H2,1-3H3. The van der Waals surface area contributed by atoms with Crippen LogP contribution in [0, 0.1) is 0 Å². The molecule has 0 heterocycles. The van der Waals surface area contributed by atoms with Crippen molar-refractivity contribution in [3.8, 4) is 0 Å². The first kappa shape index (κ1) is 15.1. The van der Waals surface area contributed by atoms with Crippen LogP contribution in [0.15, 0.2) is 29.2 Å². The van der Waals surface area contributed by atoms with E-state index in [2.05, 4.69) is 5.32 Å². The molecule has 0 aliphatic heterocycles. The third-order valence-electron chi connectivity index (χ3n) is 2.41. The van der Waals surface area contributed by atoms with Gasteiger partial charge in [0.25, 0.3) is 0 Å². The summed E-state index contributed by atoms with van der Waals surface area (Å²) in [7, 11) is -3.10. The summed E-state index contributed by atoms with van der Waals surface area (Å²) in [6, 6.07) is 6.92. The van der Waals surface area contributed by atoms with Gasteiger partial charge in [-0.3, -0.25) is 0 Å². The van der Waals surface area contributed by atoms with Crippen LogP contribution in [0.1, 0.15) is 19.4 Å². The number of benzene rings is 1. The number of nitrogens with one attached hydrogen (secondary N) is 1. The fourth-order valence-corrected chi connectivity index (χ4v) is 2.08. The van der Waals surface area contributed by atoms with Crippen LogP contribution in [0.4, 0.5) is 0 Å². The first-order valence-corrected chi connectivity index (χ1v) is 7.90. The van der Waals surface area contributed by atoms with Crippen molar-refractivity contribution >= 4 is 9.84 Å². The van der Waals surface area contributed by atoms with Crippen LogP contribution in [0.5, 0.6) is 0 Å². The SMILES string of the molecule is CC(C)OCCNCc1ccc(S(C)(=O)=O)cc1. The Bertz CT molecular complexity index is 452. The Morgan fingerprint density at radius 1 is 1.22 bits per heavy atom. The molecule has 1 rings (SSSR count). The van der Waals surface area contributed by atoms with E-state index in [1.807, 2.05) is 26.0 Å². The maximum absolute atomic E-state index is 11.3. The number of hydrogen-bond acceptors (Lipinski definition) is 4. The highest BCUT2D eigenvalue weighted by Crippen LogP contribution is 2.09. The molecule has 0 aliphatic rings. The largest absolute Gasteiger partial charge is 0.377 e. The minimum absolute atomic E-state index is 0.251. The Hall–Kier alpha value is -0.910. The molecule has 0 saturated heterocycles. The highest BCUT2D eigenvalue weighted by Gasteiger charge is 2.05. The van der Waals surface area contributed by atoms with Crippen LogP contribution in [-0.2, 0) is 21.1 Å². The quantitative estimate of drug-likeness (QED) is 0.765. The molecule has 5 heteroatoms. The molecule has 0 bridgehead atoms. The smallest absolute Gasteiger partial charge is 0.175 e. The fraction of sp³-hybridized carbons (Fsp3) is 0.538. The van der Waals surface area contributed by atoms with Gasteiger partial charge in [-0.1, -0.05) is 12.1 Å². The van der Waals surface area contributed by atoms with Gasteiger partial charge >= 0.3 is 0 Å². The molecule has 4 nitrogen and oxygen atoms in total. The van der Waals surface area contributed by atoms with Crippen LogP contribution < -0.4 is 5.32 Å².